The minimum absolute atomic E-state index is 0.422. The molecule has 1 rings (SSSR count). The van der Waals surface area contributed by atoms with Gasteiger partial charge in [-0.3, -0.25) is 0 Å². The van der Waals surface area contributed by atoms with E-state index in [0.717, 1.165) is 6.07 Å². The zero-order chi connectivity index (χ0) is 12.5. The van der Waals surface area contributed by atoms with Crippen molar-refractivity contribution in [3.05, 3.63) is 33.8 Å². The first-order chi connectivity index (χ1) is 7.27. The molecule has 0 heterocycles. The number of aliphatic hydroxyl groups is 1. The number of halogens is 4. The summed E-state index contributed by atoms with van der Waals surface area (Å²) in [5.74, 6) is -1.52. The Labute approximate surface area is 93.1 Å². The van der Waals surface area contributed by atoms with Crippen molar-refractivity contribution in [3.63, 3.8) is 0 Å². The van der Waals surface area contributed by atoms with Crippen molar-refractivity contribution in [2.45, 2.75) is 12.8 Å². The summed E-state index contributed by atoms with van der Waals surface area (Å²) >= 11 is 5.46. The summed E-state index contributed by atoms with van der Waals surface area (Å²) in [6.07, 6.45) is -4.76. The number of hydrogen-bond donors (Lipinski definition) is 2. The van der Waals surface area contributed by atoms with Gasteiger partial charge in [-0.15, -0.1) is 0 Å². The quantitative estimate of drug-likeness (QED) is 0.853. The molecule has 0 amide bonds. The van der Waals surface area contributed by atoms with Crippen molar-refractivity contribution in [2.24, 2.45) is 0 Å². The first-order valence-electron chi connectivity index (χ1n) is 4.01. The molecule has 0 unspecified atom stereocenters. The molecule has 0 saturated heterocycles. The van der Waals surface area contributed by atoms with Crippen molar-refractivity contribution in [2.75, 3.05) is 0 Å². The molecule has 0 aliphatic heterocycles. The molecule has 0 aromatic heterocycles. The second-order valence-electron chi connectivity index (χ2n) is 2.95. The smallest absolute Gasteiger partial charge is 0.416 e. The van der Waals surface area contributed by atoms with Crippen LogP contribution >= 0.6 is 11.6 Å². The third-order valence-corrected chi connectivity index (χ3v) is 2.24. The molecule has 2 N–H and O–H groups in total. The molecule has 0 saturated carbocycles. The maximum absolute atomic E-state index is 12.5. The van der Waals surface area contributed by atoms with Crippen LogP contribution in [0, 0.1) is 0 Å². The largest absolute Gasteiger partial charge is 0.478 e. The number of carboxylic acids is 1. The van der Waals surface area contributed by atoms with Gasteiger partial charge in [0.05, 0.1) is 17.7 Å². The van der Waals surface area contributed by atoms with Crippen LogP contribution in [0.2, 0.25) is 5.02 Å². The van der Waals surface area contributed by atoms with Crippen molar-refractivity contribution in [1.29, 1.82) is 0 Å². The zero-order valence-electron chi connectivity index (χ0n) is 7.68. The molecular formula is C9H6ClF3O3. The van der Waals surface area contributed by atoms with Crippen LogP contribution in [0.3, 0.4) is 0 Å². The summed E-state index contributed by atoms with van der Waals surface area (Å²) in [5, 5.41) is 16.9. The van der Waals surface area contributed by atoms with Crippen LogP contribution in [0.15, 0.2) is 12.1 Å². The van der Waals surface area contributed by atoms with Gasteiger partial charge in [0.1, 0.15) is 0 Å². The van der Waals surface area contributed by atoms with Gasteiger partial charge in [0.15, 0.2) is 0 Å². The highest BCUT2D eigenvalue weighted by Crippen LogP contribution is 2.36. The minimum Gasteiger partial charge on any atom is -0.478 e. The molecule has 1 aromatic rings. The second-order valence-corrected chi connectivity index (χ2v) is 3.35. The lowest BCUT2D eigenvalue weighted by Gasteiger charge is -2.13. The molecule has 0 radical (unpaired) electrons. The lowest BCUT2D eigenvalue weighted by molar-refractivity contribution is -0.138. The third kappa shape index (κ3) is 2.45. The molecule has 7 heteroatoms. The highest BCUT2D eigenvalue weighted by molar-refractivity contribution is 6.31. The molecular weight excluding hydrogens is 249 g/mol. The fourth-order valence-electron chi connectivity index (χ4n) is 1.17. The summed E-state index contributed by atoms with van der Waals surface area (Å²) in [5.41, 5.74) is -2.34. The van der Waals surface area contributed by atoms with Crippen LogP contribution in [-0.4, -0.2) is 16.2 Å². The predicted octanol–water partition coefficient (Wildman–Crippen LogP) is 2.55. The summed E-state index contributed by atoms with van der Waals surface area (Å²) in [4.78, 5) is 10.5. The molecule has 16 heavy (non-hydrogen) atoms. The van der Waals surface area contributed by atoms with E-state index in [1.807, 2.05) is 0 Å². The monoisotopic (exact) mass is 254 g/mol. The summed E-state index contributed by atoms with van der Waals surface area (Å²) < 4.78 is 37.5. The van der Waals surface area contributed by atoms with E-state index < -0.39 is 40.5 Å². The Morgan fingerprint density at radius 2 is 1.94 bits per heavy atom. The van der Waals surface area contributed by atoms with E-state index >= 15 is 0 Å². The van der Waals surface area contributed by atoms with E-state index in [4.69, 9.17) is 21.8 Å². The predicted molar refractivity (Wildman–Crippen MR) is 49.3 cm³/mol. The number of aromatic carboxylic acids is 1. The zero-order valence-corrected chi connectivity index (χ0v) is 8.43. The van der Waals surface area contributed by atoms with E-state index in [-0.39, 0.29) is 0 Å². The Kier molecular flexibility index (Phi) is 3.44. The first kappa shape index (κ1) is 12.8. The van der Waals surface area contributed by atoms with Crippen LogP contribution in [0.5, 0.6) is 0 Å². The Balaban J connectivity index is 3.49. The standard InChI is InChI=1S/C9H6ClF3O3/c10-7-2-4(8(15)16)1-6(5(7)3-14)9(11,12)13/h1-2,14H,3H2,(H,15,16). The fourth-order valence-corrected chi connectivity index (χ4v) is 1.45. The van der Waals surface area contributed by atoms with Gasteiger partial charge in [0.2, 0.25) is 0 Å². The number of benzene rings is 1. The SMILES string of the molecule is O=C(O)c1cc(Cl)c(CO)c(C(F)(F)F)c1. The van der Waals surface area contributed by atoms with E-state index in [1.165, 1.54) is 0 Å². The van der Waals surface area contributed by atoms with E-state index in [0.29, 0.717) is 6.07 Å². The van der Waals surface area contributed by atoms with Gasteiger partial charge in [0, 0.05) is 10.6 Å². The molecule has 0 fully saturated rings. The van der Waals surface area contributed by atoms with Gasteiger partial charge in [-0.05, 0) is 12.1 Å². The molecule has 0 bridgehead atoms. The molecule has 0 atom stereocenters. The fraction of sp³-hybridized carbons (Fsp3) is 0.222. The molecule has 1 aromatic carbocycles. The number of hydrogen-bond acceptors (Lipinski definition) is 2. The Hall–Kier alpha value is -1.27. The van der Waals surface area contributed by atoms with Gasteiger partial charge >= 0.3 is 12.1 Å². The van der Waals surface area contributed by atoms with Gasteiger partial charge in [-0.25, -0.2) is 4.79 Å². The average molecular weight is 255 g/mol. The van der Waals surface area contributed by atoms with Crippen LogP contribution in [0.25, 0.3) is 0 Å². The lowest BCUT2D eigenvalue weighted by atomic mass is 10.0. The van der Waals surface area contributed by atoms with Crippen molar-refractivity contribution in [3.8, 4) is 0 Å². The topological polar surface area (TPSA) is 57.5 Å². The van der Waals surface area contributed by atoms with Gasteiger partial charge < -0.3 is 10.2 Å². The first-order valence-corrected chi connectivity index (χ1v) is 4.39. The lowest BCUT2D eigenvalue weighted by Crippen LogP contribution is -2.12. The van der Waals surface area contributed by atoms with Gasteiger partial charge in [-0.1, -0.05) is 11.6 Å². The number of carbonyl (C=O) groups is 1. The summed E-state index contributed by atoms with van der Waals surface area (Å²) in [6, 6.07) is 1.31. The maximum Gasteiger partial charge on any atom is 0.416 e. The highest BCUT2D eigenvalue weighted by atomic mass is 35.5. The maximum atomic E-state index is 12.5. The third-order valence-electron chi connectivity index (χ3n) is 1.91. The van der Waals surface area contributed by atoms with E-state index in [1.54, 1.807) is 0 Å². The normalized spacial score (nSPS) is 11.6. The van der Waals surface area contributed by atoms with Crippen LogP contribution in [0.4, 0.5) is 13.2 Å². The van der Waals surface area contributed by atoms with Crippen molar-refractivity contribution in [1.82, 2.24) is 0 Å². The van der Waals surface area contributed by atoms with Gasteiger partial charge in [-0.2, -0.15) is 13.2 Å². The van der Waals surface area contributed by atoms with Crippen molar-refractivity contribution >= 4 is 17.6 Å². The molecule has 0 aliphatic rings. The van der Waals surface area contributed by atoms with E-state index in [2.05, 4.69) is 0 Å². The number of alkyl halides is 3. The average Bonchev–Trinajstić information content (AvgIpc) is 2.14. The summed E-state index contributed by atoms with van der Waals surface area (Å²) in [7, 11) is 0. The van der Waals surface area contributed by atoms with E-state index in [9.17, 15) is 18.0 Å². The van der Waals surface area contributed by atoms with Crippen LogP contribution in [0.1, 0.15) is 21.5 Å². The number of carboxylic acid groups (broad SMARTS) is 1. The number of rotatable bonds is 2. The number of aliphatic hydroxyl groups excluding tert-OH is 1. The Bertz CT molecular complexity index is 429. The van der Waals surface area contributed by atoms with Crippen LogP contribution in [-0.2, 0) is 12.8 Å². The van der Waals surface area contributed by atoms with Gasteiger partial charge in [0.25, 0.3) is 0 Å². The molecule has 3 nitrogen and oxygen atoms in total. The van der Waals surface area contributed by atoms with Crippen LogP contribution < -0.4 is 0 Å². The second kappa shape index (κ2) is 4.31. The van der Waals surface area contributed by atoms with Crippen molar-refractivity contribution < 1.29 is 28.2 Å². The molecule has 0 spiro atoms. The Morgan fingerprint density at radius 3 is 2.31 bits per heavy atom. The summed E-state index contributed by atoms with van der Waals surface area (Å²) in [6.45, 7) is -0.909. The minimum atomic E-state index is -4.76. The highest BCUT2D eigenvalue weighted by Gasteiger charge is 2.35. The Morgan fingerprint density at radius 1 is 1.38 bits per heavy atom. The molecule has 88 valence electrons. The molecule has 0 aliphatic carbocycles.